The molecule has 66 valence electrons. The van der Waals surface area contributed by atoms with E-state index in [1.165, 1.54) is 0 Å². The van der Waals surface area contributed by atoms with E-state index in [1.54, 1.807) is 0 Å². The zero-order valence-electron chi connectivity index (χ0n) is 7.55. The third kappa shape index (κ3) is 5.98. The predicted molar refractivity (Wildman–Crippen MR) is 47.7 cm³/mol. The molecule has 0 aromatic rings. The van der Waals surface area contributed by atoms with Crippen molar-refractivity contribution >= 4 is 0 Å². The van der Waals surface area contributed by atoms with Crippen LogP contribution in [0.4, 0.5) is 0 Å². The van der Waals surface area contributed by atoms with Crippen molar-refractivity contribution in [3.63, 3.8) is 0 Å². The molecule has 0 aliphatic heterocycles. The van der Waals surface area contributed by atoms with Crippen LogP contribution in [0.15, 0.2) is 5.18 Å². The van der Waals surface area contributed by atoms with Gasteiger partial charge in [0.1, 0.15) is 0 Å². The number of nitroso groups, excluding NO2 is 1. The van der Waals surface area contributed by atoms with Crippen LogP contribution in [0.2, 0.25) is 0 Å². The Morgan fingerprint density at radius 1 is 1.09 bits per heavy atom. The Labute approximate surface area is 68.7 Å². The summed E-state index contributed by atoms with van der Waals surface area (Å²) in [5, 5.41) is 2.85. The van der Waals surface area contributed by atoms with Crippen LogP contribution < -0.4 is 0 Å². The highest BCUT2D eigenvalue weighted by Gasteiger charge is 2.00. The van der Waals surface area contributed by atoms with Gasteiger partial charge in [-0.25, -0.2) is 0 Å². The molecule has 0 fully saturated rings. The fourth-order valence-electron chi connectivity index (χ4n) is 1.15. The minimum atomic E-state index is 0.431. The standard InChI is InChI=1S/C8H18N2O/c1-3-6-10(7-4-2)8-5-9-11/h3-8H2,1-2H3. The first-order valence-corrected chi connectivity index (χ1v) is 4.36. The second kappa shape index (κ2) is 7.66. The van der Waals surface area contributed by atoms with Gasteiger partial charge in [0, 0.05) is 6.54 Å². The summed E-state index contributed by atoms with van der Waals surface area (Å²) in [6, 6.07) is 0. The maximum Gasteiger partial charge on any atom is 0.0938 e. The molecule has 0 aromatic heterocycles. The number of rotatable bonds is 7. The third-order valence-corrected chi connectivity index (χ3v) is 1.59. The molecule has 0 spiro atoms. The summed E-state index contributed by atoms with van der Waals surface area (Å²) in [6.45, 7) is 7.73. The first kappa shape index (κ1) is 10.6. The minimum Gasteiger partial charge on any atom is -0.301 e. The Hall–Kier alpha value is -0.440. The summed E-state index contributed by atoms with van der Waals surface area (Å²) in [4.78, 5) is 12.1. The Balaban J connectivity index is 3.41. The van der Waals surface area contributed by atoms with Crippen molar-refractivity contribution in [1.82, 2.24) is 4.90 Å². The largest absolute Gasteiger partial charge is 0.301 e. The van der Waals surface area contributed by atoms with Crippen LogP contribution in [0.5, 0.6) is 0 Å². The van der Waals surface area contributed by atoms with E-state index >= 15 is 0 Å². The average Bonchev–Trinajstić information content (AvgIpc) is 2.01. The van der Waals surface area contributed by atoms with Crippen molar-refractivity contribution in [3.05, 3.63) is 4.91 Å². The van der Waals surface area contributed by atoms with Crippen LogP contribution >= 0.6 is 0 Å². The number of hydrogen-bond donors (Lipinski definition) is 0. The van der Waals surface area contributed by atoms with Gasteiger partial charge in [-0.2, -0.15) is 4.91 Å². The smallest absolute Gasteiger partial charge is 0.0938 e. The van der Waals surface area contributed by atoms with Crippen LogP contribution in [0.25, 0.3) is 0 Å². The summed E-state index contributed by atoms with van der Waals surface area (Å²) in [5.74, 6) is 0. The molecule has 0 rings (SSSR count). The van der Waals surface area contributed by atoms with Gasteiger partial charge in [0.15, 0.2) is 0 Å². The highest BCUT2D eigenvalue weighted by Crippen LogP contribution is 1.93. The Bertz CT molecular complexity index is 90.1. The van der Waals surface area contributed by atoms with Gasteiger partial charge in [0.05, 0.1) is 6.54 Å². The van der Waals surface area contributed by atoms with Crippen molar-refractivity contribution in [3.8, 4) is 0 Å². The molecule has 0 bridgehead atoms. The van der Waals surface area contributed by atoms with E-state index in [2.05, 4.69) is 23.9 Å². The topological polar surface area (TPSA) is 32.7 Å². The van der Waals surface area contributed by atoms with Crippen molar-refractivity contribution in [2.75, 3.05) is 26.2 Å². The highest BCUT2D eigenvalue weighted by molar-refractivity contribution is 4.57. The summed E-state index contributed by atoms with van der Waals surface area (Å²) in [7, 11) is 0. The van der Waals surface area contributed by atoms with E-state index in [0.717, 1.165) is 32.5 Å². The van der Waals surface area contributed by atoms with E-state index < -0.39 is 0 Å². The average molecular weight is 158 g/mol. The molecule has 0 saturated carbocycles. The highest BCUT2D eigenvalue weighted by atomic mass is 16.3. The van der Waals surface area contributed by atoms with Gasteiger partial charge in [0.25, 0.3) is 0 Å². The maximum atomic E-state index is 9.84. The Morgan fingerprint density at radius 3 is 2.00 bits per heavy atom. The molecule has 0 heterocycles. The molecule has 0 radical (unpaired) electrons. The quantitative estimate of drug-likeness (QED) is 0.530. The molecule has 3 heteroatoms. The molecule has 0 saturated heterocycles. The summed E-state index contributed by atoms with van der Waals surface area (Å²) in [6.07, 6.45) is 2.30. The molecular weight excluding hydrogens is 140 g/mol. The second-order valence-corrected chi connectivity index (χ2v) is 2.69. The molecule has 0 unspecified atom stereocenters. The molecule has 11 heavy (non-hydrogen) atoms. The molecule has 3 nitrogen and oxygen atoms in total. The van der Waals surface area contributed by atoms with E-state index in [4.69, 9.17) is 0 Å². The lowest BCUT2D eigenvalue weighted by atomic mass is 10.3. The second-order valence-electron chi connectivity index (χ2n) is 2.69. The van der Waals surface area contributed by atoms with Crippen LogP contribution in [0.3, 0.4) is 0 Å². The van der Waals surface area contributed by atoms with Gasteiger partial charge in [-0.3, -0.25) is 0 Å². The van der Waals surface area contributed by atoms with Crippen molar-refractivity contribution in [2.45, 2.75) is 26.7 Å². The van der Waals surface area contributed by atoms with E-state index in [-0.39, 0.29) is 0 Å². The zero-order valence-corrected chi connectivity index (χ0v) is 7.55. The monoisotopic (exact) mass is 158 g/mol. The van der Waals surface area contributed by atoms with Crippen LogP contribution in [0, 0.1) is 4.91 Å². The van der Waals surface area contributed by atoms with Crippen molar-refractivity contribution in [2.24, 2.45) is 5.18 Å². The minimum absolute atomic E-state index is 0.431. The number of nitrogens with zero attached hydrogens (tertiary/aromatic N) is 2. The van der Waals surface area contributed by atoms with Crippen LogP contribution in [-0.2, 0) is 0 Å². The lowest BCUT2D eigenvalue weighted by molar-refractivity contribution is 0.282. The lowest BCUT2D eigenvalue weighted by Crippen LogP contribution is -2.27. The Kier molecular flexibility index (Phi) is 7.36. The van der Waals surface area contributed by atoms with Gasteiger partial charge in [0.2, 0.25) is 0 Å². The molecule has 0 N–H and O–H groups in total. The van der Waals surface area contributed by atoms with E-state index in [0.29, 0.717) is 6.54 Å². The first-order chi connectivity index (χ1) is 5.35. The first-order valence-electron chi connectivity index (χ1n) is 4.36. The fourth-order valence-corrected chi connectivity index (χ4v) is 1.15. The molecule has 0 aliphatic rings. The lowest BCUT2D eigenvalue weighted by Gasteiger charge is -2.18. The third-order valence-electron chi connectivity index (χ3n) is 1.59. The SMILES string of the molecule is CCCN(CCC)CCN=O. The van der Waals surface area contributed by atoms with Crippen LogP contribution in [0.1, 0.15) is 26.7 Å². The molecule has 0 aromatic carbocycles. The van der Waals surface area contributed by atoms with E-state index in [9.17, 15) is 4.91 Å². The fraction of sp³-hybridized carbons (Fsp3) is 1.00. The zero-order chi connectivity index (χ0) is 8.53. The van der Waals surface area contributed by atoms with Gasteiger partial charge in [-0.05, 0) is 25.9 Å². The summed E-state index contributed by atoms with van der Waals surface area (Å²) >= 11 is 0. The summed E-state index contributed by atoms with van der Waals surface area (Å²) in [5.41, 5.74) is 0. The van der Waals surface area contributed by atoms with Crippen molar-refractivity contribution < 1.29 is 0 Å². The molecule has 0 amide bonds. The summed E-state index contributed by atoms with van der Waals surface area (Å²) < 4.78 is 0. The molecular formula is C8H18N2O. The van der Waals surface area contributed by atoms with Crippen LogP contribution in [-0.4, -0.2) is 31.1 Å². The maximum absolute atomic E-state index is 9.84. The molecule has 0 aliphatic carbocycles. The van der Waals surface area contributed by atoms with E-state index in [1.807, 2.05) is 0 Å². The van der Waals surface area contributed by atoms with Crippen molar-refractivity contribution in [1.29, 1.82) is 0 Å². The number of hydrogen-bond acceptors (Lipinski definition) is 3. The molecule has 0 atom stereocenters. The predicted octanol–water partition coefficient (Wildman–Crippen LogP) is 1.87. The van der Waals surface area contributed by atoms with Gasteiger partial charge >= 0.3 is 0 Å². The normalized spacial score (nSPS) is 10.5. The van der Waals surface area contributed by atoms with Gasteiger partial charge in [-0.1, -0.05) is 19.0 Å². The van der Waals surface area contributed by atoms with Gasteiger partial charge < -0.3 is 4.90 Å². The van der Waals surface area contributed by atoms with Gasteiger partial charge in [-0.15, -0.1) is 0 Å². The Morgan fingerprint density at radius 2 is 1.64 bits per heavy atom.